The van der Waals surface area contributed by atoms with Crippen LogP contribution in [-0.2, 0) is 23.9 Å². The normalized spacial score (nSPS) is 20.6. The molecule has 1 rings (SSSR count). The summed E-state index contributed by atoms with van der Waals surface area (Å²) in [5, 5.41) is 5.54. The maximum Gasteiger partial charge on any atom is 0.338 e. The second-order valence-electron chi connectivity index (χ2n) is 6.89. The molecule has 0 spiro atoms. The van der Waals surface area contributed by atoms with Gasteiger partial charge in [-0.05, 0) is 31.6 Å². The van der Waals surface area contributed by atoms with E-state index in [0.717, 1.165) is 6.42 Å². The highest BCUT2D eigenvalue weighted by molar-refractivity contribution is 5.95. The maximum absolute atomic E-state index is 12.3. The van der Waals surface area contributed by atoms with Gasteiger partial charge >= 0.3 is 5.97 Å². The van der Waals surface area contributed by atoms with Gasteiger partial charge in [-0.3, -0.25) is 9.59 Å². The van der Waals surface area contributed by atoms with Crippen LogP contribution < -0.4 is 10.6 Å². The topological polar surface area (TPSA) is 97.0 Å². The molecule has 1 aliphatic rings. The minimum Gasteiger partial charge on any atom is -0.464 e. The summed E-state index contributed by atoms with van der Waals surface area (Å²) in [6.07, 6.45) is -0.309. The standard InChI is InChI=1S/C17H30N2O5/c1-6-23-17(22)14-13(24-14)16(21)19-12(9-11(4)5)15(20)18-8-7-10(2)3/h10-14H,6-9H2,1-5H3,(H,18,20)(H,19,21)/t12-,13+,14-/m1/s1. The summed E-state index contributed by atoms with van der Waals surface area (Å²) in [4.78, 5) is 36.0. The highest BCUT2D eigenvalue weighted by Gasteiger charge is 2.52. The van der Waals surface area contributed by atoms with Crippen molar-refractivity contribution >= 4 is 17.8 Å². The number of rotatable bonds is 10. The van der Waals surface area contributed by atoms with Crippen LogP contribution in [0.25, 0.3) is 0 Å². The average molecular weight is 342 g/mol. The fourth-order valence-corrected chi connectivity index (χ4v) is 2.28. The van der Waals surface area contributed by atoms with Crippen LogP contribution in [0, 0.1) is 11.8 Å². The van der Waals surface area contributed by atoms with Crippen LogP contribution >= 0.6 is 0 Å². The summed E-state index contributed by atoms with van der Waals surface area (Å²) in [5.41, 5.74) is 0. The molecule has 0 aromatic carbocycles. The Morgan fingerprint density at radius 2 is 1.75 bits per heavy atom. The van der Waals surface area contributed by atoms with Crippen molar-refractivity contribution in [1.29, 1.82) is 0 Å². The number of ether oxygens (including phenoxy) is 2. The lowest BCUT2D eigenvalue weighted by molar-refractivity contribution is -0.144. The van der Waals surface area contributed by atoms with Gasteiger partial charge in [0.1, 0.15) is 6.04 Å². The van der Waals surface area contributed by atoms with Crippen LogP contribution in [0.1, 0.15) is 47.5 Å². The molecule has 1 fully saturated rings. The van der Waals surface area contributed by atoms with Gasteiger partial charge in [-0.25, -0.2) is 4.79 Å². The quantitative estimate of drug-likeness (QED) is 0.456. The van der Waals surface area contributed by atoms with E-state index in [-0.39, 0.29) is 18.4 Å². The molecule has 0 saturated carbocycles. The highest BCUT2D eigenvalue weighted by atomic mass is 16.6. The Morgan fingerprint density at radius 3 is 2.29 bits per heavy atom. The molecule has 0 aliphatic carbocycles. The van der Waals surface area contributed by atoms with Gasteiger partial charge < -0.3 is 20.1 Å². The number of carbonyl (C=O) groups is 3. The molecule has 1 aliphatic heterocycles. The van der Waals surface area contributed by atoms with Crippen LogP contribution in [0.15, 0.2) is 0 Å². The Balaban J connectivity index is 2.52. The third-order valence-electron chi connectivity index (χ3n) is 3.63. The molecule has 2 N–H and O–H groups in total. The molecule has 138 valence electrons. The Bertz CT molecular complexity index is 450. The van der Waals surface area contributed by atoms with Crippen LogP contribution in [0.5, 0.6) is 0 Å². The van der Waals surface area contributed by atoms with Gasteiger partial charge in [0, 0.05) is 6.54 Å². The minimum atomic E-state index is -0.859. The molecular weight excluding hydrogens is 312 g/mol. The molecule has 1 heterocycles. The fraction of sp³-hybridized carbons (Fsp3) is 0.824. The van der Waals surface area contributed by atoms with Crippen molar-refractivity contribution in [3.63, 3.8) is 0 Å². The van der Waals surface area contributed by atoms with Gasteiger partial charge in [-0.15, -0.1) is 0 Å². The van der Waals surface area contributed by atoms with E-state index in [1.165, 1.54) is 0 Å². The van der Waals surface area contributed by atoms with E-state index in [1.807, 2.05) is 13.8 Å². The number of esters is 1. The van der Waals surface area contributed by atoms with Gasteiger partial charge in [0.2, 0.25) is 5.91 Å². The zero-order valence-corrected chi connectivity index (χ0v) is 15.3. The third kappa shape index (κ3) is 6.86. The van der Waals surface area contributed by atoms with Crippen LogP contribution in [0.4, 0.5) is 0 Å². The number of carbonyl (C=O) groups excluding carboxylic acids is 3. The van der Waals surface area contributed by atoms with Crippen LogP contribution in [-0.4, -0.2) is 49.2 Å². The molecule has 0 bridgehead atoms. The second-order valence-corrected chi connectivity index (χ2v) is 6.89. The summed E-state index contributed by atoms with van der Waals surface area (Å²) in [6, 6.07) is -0.628. The second kappa shape index (κ2) is 9.61. The van der Waals surface area contributed by atoms with E-state index >= 15 is 0 Å². The van der Waals surface area contributed by atoms with Gasteiger partial charge in [0.25, 0.3) is 5.91 Å². The SMILES string of the molecule is CCOC(=O)[C@@H]1O[C@@H]1C(=O)N[C@H](CC(C)C)C(=O)NCCC(C)C. The molecule has 7 heteroatoms. The number of hydrogen-bond acceptors (Lipinski definition) is 5. The lowest BCUT2D eigenvalue weighted by Crippen LogP contribution is -2.49. The van der Waals surface area contributed by atoms with Crippen molar-refractivity contribution in [1.82, 2.24) is 10.6 Å². The number of nitrogens with one attached hydrogen (secondary N) is 2. The predicted molar refractivity (Wildman–Crippen MR) is 89.1 cm³/mol. The molecule has 0 aromatic rings. The number of hydrogen-bond donors (Lipinski definition) is 2. The highest BCUT2D eigenvalue weighted by Crippen LogP contribution is 2.24. The summed E-state index contributed by atoms with van der Waals surface area (Å²) in [5.74, 6) is -0.455. The van der Waals surface area contributed by atoms with Crippen molar-refractivity contribution in [2.75, 3.05) is 13.2 Å². The molecule has 0 radical (unpaired) electrons. The first-order chi connectivity index (χ1) is 11.3. The predicted octanol–water partition coefficient (Wildman–Crippen LogP) is 1.01. The summed E-state index contributed by atoms with van der Waals surface area (Å²) in [6.45, 7) is 10.6. The van der Waals surface area contributed by atoms with E-state index in [1.54, 1.807) is 6.92 Å². The zero-order valence-electron chi connectivity index (χ0n) is 15.3. The van der Waals surface area contributed by atoms with E-state index in [9.17, 15) is 14.4 Å². The molecule has 24 heavy (non-hydrogen) atoms. The van der Waals surface area contributed by atoms with Crippen LogP contribution in [0.2, 0.25) is 0 Å². The van der Waals surface area contributed by atoms with E-state index in [4.69, 9.17) is 9.47 Å². The van der Waals surface area contributed by atoms with Crippen molar-refractivity contribution < 1.29 is 23.9 Å². The van der Waals surface area contributed by atoms with Crippen molar-refractivity contribution in [2.24, 2.45) is 11.8 Å². The lowest BCUT2D eigenvalue weighted by Gasteiger charge is -2.20. The van der Waals surface area contributed by atoms with Gasteiger partial charge in [-0.1, -0.05) is 27.7 Å². The lowest BCUT2D eigenvalue weighted by atomic mass is 10.0. The van der Waals surface area contributed by atoms with Crippen molar-refractivity contribution in [3.8, 4) is 0 Å². The number of epoxide rings is 1. The van der Waals surface area contributed by atoms with Gasteiger partial charge in [-0.2, -0.15) is 0 Å². The summed E-state index contributed by atoms with van der Waals surface area (Å²) >= 11 is 0. The van der Waals surface area contributed by atoms with Gasteiger partial charge in [0.05, 0.1) is 6.61 Å². The van der Waals surface area contributed by atoms with Crippen LogP contribution in [0.3, 0.4) is 0 Å². The monoisotopic (exact) mass is 342 g/mol. The Labute approximate surface area is 143 Å². The molecule has 7 nitrogen and oxygen atoms in total. The van der Waals surface area contributed by atoms with Gasteiger partial charge in [0.15, 0.2) is 12.2 Å². The fourth-order valence-electron chi connectivity index (χ4n) is 2.28. The van der Waals surface area contributed by atoms with E-state index < -0.39 is 30.1 Å². The zero-order chi connectivity index (χ0) is 18.3. The first-order valence-electron chi connectivity index (χ1n) is 8.66. The molecule has 3 atom stereocenters. The first-order valence-corrected chi connectivity index (χ1v) is 8.66. The maximum atomic E-state index is 12.3. The minimum absolute atomic E-state index is 0.203. The van der Waals surface area contributed by atoms with E-state index in [2.05, 4.69) is 24.5 Å². The molecule has 0 aromatic heterocycles. The molecule has 2 amide bonds. The first kappa shape index (κ1) is 20.4. The Kier molecular flexibility index (Phi) is 8.18. The molecular formula is C17H30N2O5. The third-order valence-corrected chi connectivity index (χ3v) is 3.63. The Morgan fingerprint density at radius 1 is 1.08 bits per heavy atom. The van der Waals surface area contributed by atoms with E-state index in [0.29, 0.717) is 18.9 Å². The van der Waals surface area contributed by atoms with Crippen molar-refractivity contribution in [2.45, 2.75) is 65.7 Å². The average Bonchev–Trinajstić information content (AvgIpc) is 3.26. The summed E-state index contributed by atoms with van der Waals surface area (Å²) in [7, 11) is 0. The summed E-state index contributed by atoms with van der Waals surface area (Å²) < 4.78 is 9.89. The largest absolute Gasteiger partial charge is 0.464 e. The van der Waals surface area contributed by atoms with Crippen molar-refractivity contribution in [3.05, 3.63) is 0 Å². The number of amides is 2. The Hall–Kier alpha value is -1.63. The smallest absolute Gasteiger partial charge is 0.338 e. The molecule has 1 saturated heterocycles. The molecule has 0 unspecified atom stereocenters.